The molecule has 0 unspecified atom stereocenters. The van der Waals surface area contributed by atoms with E-state index >= 15 is 0 Å². The summed E-state index contributed by atoms with van der Waals surface area (Å²) in [6, 6.07) is 8.77. The molecule has 6 nitrogen and oxygen atoms in total. The third kappa shape index (κ3) is 6.87. The minimum Gasteiger partial charge on any atom is -0.456 e. The second-order valence-electron chi connectivity index (χ2n) is 6.57. The molecule has 2 rings (SSSR count). The number of aryl methyl sites for hydroxylation is 1. The molecule has 0 aliphatic heterocycles. The van der Waals surface area contributed by atoms with Crippen molar-refractivity contribution in [2.75, 3.05) is 17.2 Å². The molecule has 154 valence electrons. The van der Waals surface area contributed by atoms with Crippen LogP contribution in [0.1, 0.15) is 29.5 Å². The summed E-state index contributed by atoms with van der Waals surface area (Å²) in [6.45, 7) is 5.27. The Morgan fingerprint density at radius 1 is 0.966 bits per heavy atom. The van der Waals surface area contributed by atoms with Crippen LogP contribution in [-0.2, 0) is 19.1 Å². The first-order valence-electron chi connectivity index (χ1n) is 8.94. The average Bonchev–Trinajstić information content (AvgIpc) is 2.68. The lowest BCUT2D eigenvalue weighted by Gasteiger charge is -2.12. The average molecular weight is 482 g/mol. The van der Waals surface area contributed by atoms with Crippen LogP contribution in [-0.4, -0.2) is 24.4 Å². The van der Waals surface area contributed by atoms with E-state index in [-0.39, 0.29) is 18.7 Å². The van der Waals surface area contributed by atoms with E-state index in [0.717, 1.165) is 21.2 Å². The van der Waals surface area contributed by atoms with Crippen LogP contribution in [0.4, 0.5) is 11.4 Å². The highest BCUT2D eigenvalue weighted by Gasteiger charge is 2.13. The molecule has 29 heavy (non-hydrogen) atoms. The maximum atomic E-state index is 12.0. The normalized spacial score (nSPS) is 10.4. The Morgan fingerprint density at radius 3 is 2.38 bits per heavy atom. The molecule has 0 spiro atoms. The van der Waals surface area contributed by atoms with Crippen molar-refractivity contribution in [1.29, 1.82) is 0 Å². The van der Waals surface area contributed by atoms with Gasteiger partial charge in [-0.2, -0.15) is 0 Å². The van der Waals surface area contributed by atoms with Crippen LogP contribution in [0.3, 0.4) is 0 Å². The van der Waals surface area contributed by atoms with E-state index in [1.54, 1.807) is 24.3 Å². The fourth-order valence-corrected chi connectivity index (χ4v) is 3.05. The van der Waals surface area contributed by atoms with Gasteiger partial charge in [0.1, 0.15) is 0 Å². The molecule has 0 saturated carbocycles. The predicted octanol–water partition coefficient (Wildman–Crippen LogP) is 4.93. The Bertz CT molecular complexity index is 947. The first kappa shape index (κ1) is 22.9. The van der Waals surface area contributed by atoms with Crippen molar-refractivity contribution in [2.24, 2.45) is 0 Å². The van der Waals surface area contributed by atoms with Gasteiger partial charge < -0.3 is 15.4 Å². The maximum absolute atomic E-state index is 12.0. The van der Waals surface area contributed by atoms with E-state index < -0.39 is 18.5 Å². The number of esters is 1. The Balaban J connectivity index is 1.75. The minimum absolute atomic E-state index is 0.0586. The molecule has 2 aromatic carbocycles. The number of benzene rings is 2. The molecule has 0 fully saturated rings. The molecule has 0 bridgehead atoms. The lowest BCUT2D eigenvalue weighted by molar-refractivity contribution is -0.147. The summed E-state index contributed by atoms with van der Waals surface area (Å²) in [6.07, 6.45) is -0.188. The standard InChI is InChI=1S/C21H22BrClN2O4/c1-12-4-5-15(10-17(12)23)24-19(26)8-9-21(28)29-11-20(27)25-18-7-6-16(22)13(2)14(18)3/h4-7,10H,8-9,11H2,1-3H3,(H,24,26)(H,25,27). The maximum Gasteiger partial charge on any atom is 0.306 e. The number of hydrogen-bond acceptors (Lipinski definition) is 4. The van der Waals surface area contributed by atoms with E-state index in [1.165, 1.54) is 0 Å². The lowest BCUT2D eigenvalue weighted by atomic mass is 10.1. The molecule has 0 saturated heterocycles. The molecular formula is C21H22BrClN2O4. The highest BCUT2D eigenvalue weighted by Crippen LogP contribution is 2.25. The summed E-state index contributed by atoms with van der Waals surface area (Å²) < 4.78 is 5.89. The van der Waals surface area contributed by atoms with Crippen LogP contribution in [0.25, 0.3) is 0 Å². The summed E-state index contributed by atoms with van der Waals surface area (Å²) in [4.78, 5) is 35.8. The quantitative estimate of drug-likeness (QED) is 0.549. The zero-order valence-electron chi connectivity index (χ0n) is 16.4. The number of rotatable bonds is 7. The monoisotopic (exact) mass is 480 g/mol. The molecule has 2 amide bonds. The molecule has 8 heteroatoms. The van der Waals surface area contributed by atoms with Gasteiger partial charge in [0, 0.05) is 27.3 Å². The molecule has 0 heterocycles. The molecule has 0 aliphatic rings. The number of amides is 2. The van der Waals surface area contributed by atoms with Gasteiger partial charge in [0.15, 0.2) is 6.61 Å². The van der Waals surface area contributed by atoms with Crippen LogP contribution in [0.5, 0.6) is 0 Å². The summed E-state index contributed by atoms with van der Waals surface area (Å²) in [5.41, 5.74) is 4.05. The van der Waals surface area contributed by atoms with Gasteiger partial charge in [-0.3, -0.25) is 14.4 Å². The first-order valence-corrected chi connectivity index (χ1v) is 10.1. The number of halogens is 2. The van der Waals surface area contributed by atoms with E-state index in [4.69, 9.17) is 16.3 Å². The summed E-state index contributed by atoms with van der Waals surface area (Å²) in [5.74, 6) is -1.41. The Kier molecular flexibility index (Phi) is 8.22. The van der Waals surface area contributed by atoms with Crippen molar-refractivity contribution in [3.8, 4) is 0 Å². The van der Waals surface area contributed by atoms with Crippen LogP contribution < -0.4 is 10.6 Å². The van der Waals surface area contributed by atoms with Crippen molar-refractivity contribution < 1.29 is 19.1 Å². The molecule has 2 N–H and O–H groups in total. The molecule has 0 aromatic heterocycles. The van der Waals surface area contributed by atoms with Crippen molar-refractivity contribution in [3.63, 3.8) is 0 Å². The lowest BCUT2D eigenvalue weighted by Crippen LogP contribution is -2.22. The van der Waals surface area contributed by atoms with Gasteiger partial charge in [0.25, 0.3) is 5.91 Å². The number of nitrogens with one attached hydrogen (secondary N) is 2. The highest BCUT2D eigenvalue weighted by molar-refractivity contribution is 9.10. The molecule has 0 atom stereocenters. The fraction of sp³-hybridized carbons (Fsp3) is 0.286. The van der Waals surface area contributed by atoms with Gasteiger partial charge in [-0.1, -0.05) is 33.6 Å². The van der Waals surface area contributed by atoms with Crippen LogP contribution in [0, 0.1) is 20.8 Å². The molecule has 0 radical (unpaired) electrons. The third-order valence-electron chi connectivity index (χ3n) is 4.37. The SMILES string of the molecule is Cc1ccc(NC(=O)CCC(=O)OCC(=O)Nc2ccc(Br)c(C)c2C)cc1Cl. The molecule has 2 aromatic rings. The predicted molar refractivity (Wildman–Crippen MR) is 117 cm³/mol. The van der Waals surface area contributed by atoms with Crippen molar-refractivity contribution in [3.05, 3.63) is 56.5 Å². The number of ether oxygens (including phenoxy) is 1. The highest BCUT2D eigenvalue weighted by atomic mass is 79.9. The Hall–Kier alpha value is -2.38. The van der Waals surface area contributed by atoms with E-state index in [9.17, 15) is 14.4 Å². The Morgan fingerprint density at radius 2 is 1.69 bits per heavy atom. The van der Waals surface area contributed by atoms with Gasteiger partial charge in [-0.15, -0.1) is 0 Å². The van der Waals surface area contributed by atoms with Gasteiger partial charge >= 0.3 is 5.97 Å². The second-order valence-corrected chi connectivity index (χ2v) is 7.83. The van der Waals surface area contributed by atoms with Crippen molar-refractivity contribution in [2.45, 2.75) is 33.6 Å². The van der Waals surface area contributed by atoms with E-state index in [1.807, 2.05) is 26.8 Å². The van der Waals surface area contributed by atoms with Crippen LogP contribution in [0.2, 0.25) is 5.02 Å². The smallest absolute Gasteiger partial charge is 0.306 e. The summed E-state index contributed by atoms with van der Waals surface area (Å²) in [7, 11) is 0. The number of carbonyl (C=O) groups is 3. The molecular weight excluding hydrogens is 460 g/mol. The van der Waals surface area contributed by atoms with E-state index in [2.05, 4.69) is 26.6 Å². The number of anilines is 2. The Labute approximate surface area is 183 Å². The molecule has 0 aliphatic carbocycles. The van der Waals surface area contributed by atoms with Gasteiger partial charge in [0.05, 0.1) is 6.42 Å². The third-order valence-corrected chi connectivity index (χ3v) is 5.64. The van der Waals surface area contributed by atoms with E-state index in [0.29, 0.717) is 16.4 Å². The van der Waals surface area contributed by atoms with Crippen LogP contribution >= 0.6 is 27.5 Å². The number of carbonyl (C=O) groups excluding carboxylic acids is 3. The van der Waals surface area contributed by atoms with Crippen molar-refractivity contribution >= 4 is 56.7 Å². The zero-order chi connectivity index (χ0) is 21.6. The summed E-state index contributed by atoms with van der Waals surface area (Å²) >= 11 is 9.45. The van der Waals surface area contributed by atoms with Gasteiger partial charge in [0.2, 0.25) is 5.91 Å². The summed E-state index contributed by atoms with van der Waals surface area (Å²) in [5, 5.41) is 5.92. The second kappa shape index (κ2) is 10.4. The van der Waals surface area contributed by atoms with Crippen molar-refractivity contribution in [1.82, 2.24) is 0 Å². The fourth-order valence-electron chi connectivity index (χ4n) is 2.44. The van der Waals surface area contributed by atoms with Crippen LogP contribution in [0.15, 0.2) is 34.8 Å². The van der Waals surface area contributed by atoms with Gasteiger partial charge in [-0.05, 0) is 61.7 Å². The minimum atomic E-state index is -0.624. The zero-order valence-corrected chi connectivity index (χ0v) is 18.7. The largest absolute Gasteiger partial charge is 0.456 e. The first-order chi connectivity index (χ1) is 13.7. The van der Waals surface area contributed by atoms with Gasteiger partial charge in [-0.25, -0.2) is 0 Å². The topological polar surface area (TPSA) is 84.5 Å². The number of hydrogen-bond donors (Lipinski definition) is 2.